The van der Waals surface area contributed by atoms with Crippen LogP contribution in [0.15, 0.2) is 29.2 Å². The van der Waals surface area contributed by atoms with Crippen LogP contribution in [0.4, 0.5) is 0 Å². The Morgan fingerprint density at radius 3 is 2.64 bits per heavy atom. The molecular weight excluding hydrogens is 440 g/mol. The van der Waals surface area contributed by atoms with Crippen molar-refractivity contribution in [1.29, 1.82) is 0 Å². The standard InChI is InChI=1S/C25H38N2O5S/c1-5-9-20-12-13-24-22(14-20)32-23(16-26(4)25(29)21-10-7-6-8-11-21)18(2)15-27(19(3)17-28)33(24,30)31/h5,9,12-14,18-19,21,23,28H,6-8,10-11,15-17H2,1-4H3/t18-,19-,23+/m0/s1. The number of aliphatic hydroxyl groups is 1. The summed E-state index contributed by atoms with van der Waals surface area (Å²) in [5.41, 5.74) is 0.840. The third kappa shape index (κ3) is 5.78. The maximum Gasteiger partial charge on any atom is 0.247 e. The molecule has 0 spiro atoms. The largest absolute Gasteiger partial charge is 0.487 e. The van der Waals surface area contributed by atoms with Crippen LogP contribution in [-0.4, -0.2) is 67.5 Å². The van der Waals surface area contributed by atoms with E-state index < -0.39 is 16.1 Å². The molecule has 1 amide bonds. The maximum atomic E-state index is 13.5. The summed E-state index contributed by atoms with van der Waals surface area (Å²) in [6.07, 6.45) is 8.62. The molecule has 0 saturated heterocycles. The quantitative estimate of drug-likeness (QED) is 0.676. The van der Waals surface area contributed by atoms with Crippen molar-refractivity contribution in [2.24, 2.45) is 11.8 Å². The molecule has 1 aliphatic heterocycles. The second-order valence-electron chi connectivity index (χ2n) is 9.50. The number of aliphatic hydroxyl groups excluding tert-OH is 1. The summed E-state index contributed by atoms with van der Waals surface area (Å²) in [5, 5.41) is 9.76. The van der Waals surface area contributed by atoms with Gasteiger partial charge in [0, 0.05) is 31.5 Å². The summed E-state index contributed by atoms with van der Waals surface area (Å²) in [4.78, 5) is 14.9. The fourth-order valence-electron chi connectivity index (χ4n) is 4.78. The fourth-order valence-corrected chi connectivity index (χ4v) is 6.60. The minimum atomic E-state index is -3.86. The first-order valence-corrected chi connectivity index (χ1v) is 13.4. The average Bonchev–Trinajstić information content (AvgIpc) is 2.81. The van der Waals surface area contributed by atoms with Crippen LogP contribution in [0.25, 0.3) is 6.08 Å². The number of allylic oxidation sites excluding steroid dienone is 1. The van der Waals surface area contributed by atoms with Crippen LogP contribution < -0.4 is 4.74 Å². The highest BCUT2D eigenvalue weighted by Crippen LogP contribution is 2.35. The van der Waals surface area contributed by atoms with Crippen molar-refractivity contribution in [2.45, 2.75) is 69.9 Å². The summed E-state index contributed by atoms with van der Waals surface area (Å²) in [6, 6.07) is 4.49. The Labute approximate surface area is 198 Å². The minimum Gasteiger partial charge on any atom is -0.487 e. The molecule has 0 aromatic heterocycles. The van der Waals surface area contributed by atoms with E-state index in [1.165, 1.54) is 10.7 Å². The number of hydrogen-bond donors (Lipinski definition) is 1. The van der Waals surface area contributed by atoms with E-state index in [9.17, 15) is 18.3 Å². The van der Waals surface area contributed by atoms with Crippen molar-refractivity contribution >= 4 is 22.0 Å². The number of sulfonamides is 1. The van der Waals surface area contributed by atoms with E-state index in [4.69, 9.17) is 4.74 Å². The van der Waals surface area contributed by atoms with Gasteiger partial charge in [-0.1, -0.05) is 44.4 Å². The molecule has 1 N–H and O–H groups in total. The smallest absolute Gasteiger partial charge is 0.247 e. The summed E-state index contributed by atoms with van der Waals surface area (Å²) < 4.78 is 34.7. The van der Waals surface area contributed by atoms with Gasteiger partial charge >= 0.3 is 0 Å². The van der Waals surface area contributed by atoms with Gasteiger partial charge in [0.1, 0.15) is 16.7 Å². The van der Waals surface area contributed by atoms with Crippen LogP contribution in [0.3, 0.4) is 0 Å². The normalized spacial score (nSPS) is 25.0. The number of ether oxygens (including phenoxy) is 1. The van der Waals surface area contributed by atoms with Crippen molar-refractivity contribution in [3.05, 3.63) is 29.8 Å². The van der Waals surface area contributed by atoms with Gasteiger partial charge in [-0.25, -0.2) is 8.42 Å². The molecule has 33 heavy (non-hydrogen) atoms. The predicted molar refractivity (Wildman–Crippen MR) is 129 cm³/mol. The summed E-state index contributed by atoms with van der Waals surface area (Å²) >= 11 is 0. The van der Waals surface area contributed by atoms with Gasteiger partial charge in [0.25, 0.3) is 0 Å². The SMILES string of the molecule is CC=Cc1ccc2c(c1)O[C@H](CN(C)C(=O)C1CCCCC1)[C@@H](C)CN([C@@H](C)CO)S2(=O)=O. The van der Waals surface area contributed by atoms with Crippen molar-refractivity contribution in [3.63, 3.8) is 0 Å². The number of rotatable bonds is 6. The molecule has 1 aromatic rings. The van der Waals surface area contributed by atoms with Gasteiger partial charge < -0.3 is 14.7 Å². The molecule has 1 aromatic carbocycles. The lowest BCUT2D eigenvalue weighted by atomic mass is 9.88. The first-order valence-electron chi connectivity index (χ1n) is 12.0. The molecule has 1 aliphatic carbocycles. The third-order valence-corrected chi connectivity index (χ3v) is 8.85. The molecule has 0 bridgehead atoms. The zero-order valence-corrected chi connectivity index (χ0v) is 21.1. The van der Waals surface area contributed by atoms with Crippen molar-refractivity contribution < 1.29 is 23.1 Å². The van der Waals surface area contributed by atoms with E-state index in [0.29, 0.717) is 6.54 Å². The molecule has 3 rings (SSSR count). The molecular formula is C25H38N2O5S. The number of fused-ring (bicyclic) bond motifs is 1. The molecule has 1 fully saturated rings. The number of nitrogens with zero attached hydrogens (tertiary/aromatic N) is 2. The molecule has 184 valence electrons. The molecule has 0 radical (unpaired) electrons. The molecule has 7 nitrogen and oxygen atoms in total. The van der Waals surface area contributed by atoms with Gasteiger partial charge in [0.15, 0.2) is 0 Å². The number of carbonyl (C=O) groups is 1. The average molecular weight is 479 g/mol. The molecule has 0 unspecified atom stereocenters. The van der Waals surface area contributed by atoms with E-state index in [0.717, 1.165) is 31.2 Å². The molecule has 1 heterocycles. The molecule has 3 atom stereocenters. The summed E-state index contributed by atoms with van der Waals surface area (Å²) in [6.45, 7) is 5.85. The number of amides is 1. The van der Waals surface area contributed by atoms with Crippen LogP contribution in [0, 0.1) is 11.8 Å². The van der Waals surface area contributed by atoms with E-state index in [1.807, 2.05) is 33.0 Å². The van der Waals surface area contributed by atoms with Crippen LogP contribution >= 0.6 is 0 Å². The highest BCUT2D eigenvalue weighted by molar-refractivity contribution is 7.89. The lowest BCUT2D eigenvalue weighted by molar-refractivity contribution is -0.136. The van der Waals surface area contributed by atoms with E-state index in [2.05, 4.69) is 0 Å². The van der Waals surface area contributed by atoms with E-state index in [1.54, 1.807) is 30.0 Å². The monoisotopic (exact) mass is 478 g/mol. The van der Waals surface area contributed by atoms with Crippen LogP contribution in [0.2, 0.25) is 0 Å². The topological polar surface area (TPSA) is 87.2 Å². The lowest BCUT2D eigenvalue weighted by Gasteiger charge is -2.38. The summed E-state index contributed by atoms with van der Waals surface area (Å²) in [7, 11) is -2.05. The fraction of sp³-hybridized carbons (Fsp3) is 0.640. The Balaban J connectivity index is 1.95. The van der Waals surface area contributed by atoms with Crippen molar-refractivity contribution in [2.75, 3.05) is 26.7 Å². The number of likely N-dealkylation sites (N-methyl/N-ethyl adjacent to an activating group) is 1. The summed E-state index contributed by atoms with van der Waals surface area (Å²) in [5.74, 6) is 0.306. The third-order valence-electron chi connectivity index (χ3n) is 6.83. The minimum absolute atomic E-state index is 0.0625. The maximum absolute atomic E-state index is 13.5. The zero-order chi connectivity index (χ0) is 24.2. The Morgan fingerprint density at radius 2 is 2.00 bits per heavy atom. The zero-order valence-electron chi connectivity index (χ0n) is 20.2. The van der Waals surface area contributed by atoms with Gasteiger partial charge in [-0.2, -0.15) is 4.31 Å². The first kappa shape index (κ1) is 25.7. The highest BCUT2D eigenvalue weighted by atomic mass is 32.2. The van der Waals surface area contributed by atoms with Gasteiger partial charge in [0.05, 0.1) is 13.2 Å². The number of benzene rings is 1. The first-order chi connectivity index (χ1) is 15.7. The van der Waals surface area contributed by atoms with Gasteiger partial charge in [-0.15, -0.1) is 0 Å². The number of carbonyl (C=O) groups excluding carboxylic acids is 1. The predicted octanol–water partition coefficient (Wildman–Crippen LogP) is 3.53. The number of hydrogen-bond acceptors (Lipinski definition) is 5. The second-order valence-corrected chi connectivity index (χ2v) is 11.4. The van der Waals surface area contributed by atoms with Gasteiger partial charge in [0.2, 0.25) is 15.9 Å². The highest BCUT2D eigenvalue weighted by Gasteiger charge is 2.38. The second kappa shape index (κ2) is 11.0. The molecule has 2 aliphatic rings. The van der Waals surface area contributed by atoms with E-state index in [-0.39, 0.29) is 47.6 Å². The lowest BCUT2D eigenvalue weighted by Crippen LogP contribution is -2.50. The van der Waals surface area contributed by atoms with E-state index >= 15 is 0 Å². The van der Waals surface area contributed by atoms with Crippen LogP contribution in [0.1, 0.15) is 58.4 Å². The van der Waals surface area contributed by atoms with Crippen LogP contribution in [-0.2, 0) is 14.8 Å². The van der Waals surface area contributed by atoms with Crippen molar-refractivity contribution in [1.82, 2.24) is 9.21 Å². The van der Waals surface area contributed by atoms with Crippen LogP contribution in [0.5, 0.6) is 5.75 Å². The Bertz CT molecular complexity index is 956. The van der Waals surface area contributed by atoms with Gasteiger partial charge in [-0.3, -0.25) is 4.79 Å². The Hall–Kier alpha value is -1.90. The van der Waals surface area contributed by atoms with Gasteiger partial charge in [-0.05, 0) is 44.4 Å². The Kier molecular flexibility index (Phi) is 8.59. The molecule has 8 heteroatoms. The Morgan fingerprint density at radius 1 is 1.30 bits per heavy atom. The van der Waals surface area contributed by atoms with Crippen molar-refractivity contribution in [3.8, 4) is 5.75 Å². The molecule has 1 saturated carbocycles.